The Morgan fingerprint density at radius 2 is 1.80 bits per heavy atom. The van der Waals surface area contributed by atoms with Gasteiger partial charge in [-0.1, -0.05) is 12.1 Å². The first-order valence-electron chi connectivity index (χ1n) is 6.50. The second-order valence-electron chi connectivity index (χ2n) is 4.53. The quantitative estimate of drug-likeness (QED) is 0.619. The molecule has 2 amide bonds. The average Bonchev–Trinajstić information content (AvgIpc) is 2.40. The summed E-state index contributed by atoms with van der Waals surface area (Å²) in [7, 11) is 0. The van der Waals surface area contributed by atoms with Crippen molar-refractivity contribution in [2.24, 2.45) is 11.5 Å². The van der Waals surface area contributed by atoms with Gasteiger partial charge in [0.25, 0.3) is 0 Å². The van der Waals surface area contributed by atoms with Crippen LogP contribution in [0, 0.1) is 0 Å². The maximum Gasteiger partial charge on any atom is 0.234 e. The molecule has 0 radical (unpaired) electrons. The number of primary amides is 2. The predicted octanol–water partition coefficient (Wildman–Crippen LogP) is -0.0549. The van der Waals surface area contributed by atoms with Gasteiger partial charge in [0.1, 0.15) is 5.75 Å². The van der Waals surface area contributed by atoms with Gasteiger partial charge in [-0.3, -0.25) is 14.9 Å². The molecule has 6 heteroatoms. The third kappa shape index (κ3) is 4.89. The molecule has 0 heterocycles. The number of hydrogen-bond acceptors (Lipinski definition) is 4. The van der Waals surface area contributed by atoms with E-state index in [1.165, 1.54) is 0 Å². The Morgan fingerprint density at radius 3 is 2.25 bits per heavy atom. The van der Waals surface area contributed by atoms with E-state index in [0.717, 1.165) is 11.3 Å². The molecule has 5 N–H and O–H groups in total. The molecule has 0 unspecified atom stereocenters. The van der Waals surface area contributed by atoms with Crippen LogP contribution in [-0.2, 0) is 16.0 Å². The van der Waals surface area contributed by atoms with Crippen LogP contribution in [0.2, 0.25) is 0 Å². The molecule has 1 aromatic rings. The summed E-state index contributed by atoms with van der Waals surface area (Å²) in [4.78, 5) is 22.4. The van der Waals surface area contributed by atoms with Crippen molar-refractivity contribution in [3.8, 4) is 5.75 Å². The number of nitrogens with one attached hydrogen (secondary N) is 1. The zero-order chi connectivity index (χ0) is 15.1. The van der Waals surface area contributed by atoms with Crippen LogP contribution in [0.15, 0.2) is 24.3 Å². The minimum Gasteiger partial charge on any atom is -0.494 e. The van der Waals surface area contributed by atoms with Gasteiger partial charge < -0.3 is 16.2 Å². The highest BCUT2D eigenvalue weighted by atomic mass is 16.5. The largest absolute Gasteiger partial charge is 0.494 e. The van der Waals surface area contributed by atoms with Crippen molar-refractivity contribution in [3.05, 3.63) is 29.8 Å². The van der Waals surface area contributed by atoms with Crippen LogP contribution >= 0.6 is 0 Å². The van der Waals surface area contributed by atoms with Crippen LogP contribution in [0.4, 0.5) is 0 Å². The second-order valence-corrected chi connectivity index (χ2v) is 4.53. The Balaban J connectivity index is 2.70. The number of ether oxygens (including phenoxy) is 1. The summed E-state index contributed by atoms with van der Waals surface area (Å²) >= 11 is 0. The third-order valence-corrected chi connectivity index (χ3v) is 2.90. The molecule has 0 bridgehead atoms. The fraction of sp³-hybridized carbons (Fsp3) is 0.429. The Bertz CT molecular complexity index is 459. The molecule has 0 aliphatic rings. The van der Waals surface area contributed by atoms with Crippen LogP contribution < -0.4 is 21.5 Å². The fourth-order valence-corrected chi connectivity index (χ4v) is 1.75. The molecule has 0 saturated heterocycles. The molecule has 0 aromatic heterocycles. The molecule has 0 fully saturated rings. The van der Waals surface area contributed by atoms with E-state index in [0.29, 0.717) is 13.0 Å². The van der Waals surface area contributed by atoms with Gasteiger partial charge in [0.2, 0.25) is 11.8 Å². The van der Waals surface area contributed by atoms with E-state index in [2.05, 4.69) is 5.32 Å². The predicted molar refractivity (Wildman–Crippen MR) is 76.1 cm³/mol. The number of rotatable bonds is 8. The van der Waals surface area contributed by atoms with Crippen molar-refractivity contribution in [1.82, 2.24) is 5.32 Å². The zero-order valence-electron chi connectivity index (χ0n) is 11.8. The van der Waals surface area contributed by atoms with Crippen molar-refractivity contribution in [3.63, 3.8) is 0 Å². The molecule has 0 aliphatic heterocycles. The van der Waals surface area contributed by atoms with Crippen molar-refractivity contribution in [2.45, 2.75) is 32.4 Å². The van der Waals surface area contributed by atoms with E-state index in [1.54, 1.807) is 6.92 Å². The highest BCUT2D eigenvalue weighted by molar-refractivity contribution is 5.83. The highest BCUT2D eigenvalue weighted by Crippen LogP contribution is 2.13. The Hall–Kier alpha value is -2.08. The first-order valence-corrected chi connectivity index (χ1v) is 6.50. The molecule has 110 valence electrons. The van der Waals surface area contributed by atoms with E-state index < -0.39 is 23.9 Å². The molecule has 20 heavy (non-hydrogen) atoms. The van der Waals surface area contributed by atoms with Crippen LogP contribution in [-0.4, -0.2) is 30.5 Å². The molecule has 1 rings (SSSR count). The van der Waals surface area contributed by atoms with E-state index >= 15 is 0 Å². The topological polar surface area (TPSA) is 107 Å². The maximum atomic E-state index is 11.4. The first-order chi connectivity index (χ1) is 9.43. The van der Waals surface area contributed by atoms with Crippen LogP contribution in [0.5, 0.6) is 5.75 Å². The lowest BCUT2D eigenvalue weighted by Crippen LogP contribution is -2.51. The summed E-state index contributed by atoms with van der Waals surface area (Å²) in [5, 5.41) is 2.82. The van der Waals surface area contributed by atoms with Crippen LogP contribution in [0.1, 0.15) is 19.4 Å². The molecular formula is C14H21N3O3. The minimum absolute atomic E-state index is 0.388. The number of hydrogen-bond donors (Lipinski definition) is 3. The molecule has 0 aliphatic carbocycles. The van der Waals surface area contributed by atoms with Crippen molar-refractivity contribution >= 4 is 11.8 Å². The third-order valence-electron chi connectivity index (χ3n) is 2.90. The SMILES string of the molecule is CCOc1ccc(C[C@H](N[C@H](C)C(N)=O)C(N)=O)cc1. The summed E-state index contributed by atoms with van der Waals surface area (Å²) in [6, 6.07) is 6.11. The summed E-state index contributed by atoms with van der Waals surface area (Å²) < 4.78 is 5.34. The summed E-state index contributed by atoms with van der Waals surface area (Å²) in [5.74, 6) is -0.278. The monoisotopic (exact) mass is 279 g/mol. The van der Waals surface area contributed by atoms with E-state index in [-0.39, 0.29) is 0 Å². The number of nitrogens with two attached hydrogens (primary N) is 2. The van der Waals surface area contributed by atoms with E-state index in [4.69, 9.17) is 16.2 Å². The Labute approximate surface area is 118 Å². The van der Waals surface area contributed by atoms with Gasteiger partial charge >= 0.3 is 0 Å². The zero-order valence-corrected chi connectivity index (χ0v) is 11.8. The highest BCUT2D eigenvalue weighted by Gasteiger charge is 2.20. The Kier molecular flexibility index (Phi) is 5.99. The summed E-state index contributed by atoms with van der Waals surface area (Å²) in [5.41, 5.74) is 11.4. The van der Waals surface area contributed by atoms with Crippen LogP contribution in [0.25, 0.3) is 0 Å². The lowest BCUT2D eigenvalue weighted by atomic mass is 10.0. The summed E-state index contributed by atoms with van der Waals surface area (Å²) in [6.45, 7) is 4.10. The Morgan fingerprint density at radius 1 is 1.20 bits per heavy atom. The lowest BCUT2D eigenvalue weighted by molar-refractivity contribution is -0.122. The lowest BCUT2D eigenvalue weighted by Gasteiger charge is -2.19. The maximum absolute atomic E-state index is 11.4. The van der Waals surface area contributed by atoms with Gasteiger partial charge in [-0.05, 0) is 38.0 Å². The summed E-state index contributed by atoms with van der Waals surface area (Å²) in [6.07, 6.45) is 0.388. The van der Waals surface area contributed by atoms with Crippen LogP contribution in [0.3, 0.4) is 0 Å². The van der Waals surface area contributed by atoms with Gasteiger partial charge in [-0.2, -0.15) is 0 Å². The number of benzene rings is 1. The van der Waals surface area contributed by atoms with Gasteiger partial charge in [-0.25, -0.2) is 0 Å². The standard InChI is InChI=1S/C14H21N3O3/c1-3-20-11-6-4-10(5-7-11)8-12(14(16)19)17-9(2)13(15)18/h4-7,9,12,17H,3,8H2,1-2H3,(H2,15,18)(H2,16,19)/t9-,12+/m1/s1. The fourth-order valence-electron chi connectivity index (χ4n) is 1.75. The minimum atomic E-state index is -0.643. The molecule has 6 nitrogen and oxygen atoms in total. The smallest absolute Gasteiger partial charge is 0.234 e. The first kappa shape index (κ1) is 16.0. The second kappa shape index (κ2) is 7.49. The van der Waals surface area contributed by atoms with Crippen molar-refractivity contribution in [1.29, 1.82) is 0 Å². The molecule has 1 aromatic carbocycles. The van der Waals surface area contributed by atoms with Gasteiger partial charge in [0, 0.05) is 0 Å². The van der Waals surface area contributed by atoms with Gasteiger partial charge in [-0.15, -0.1) is 0 Å². The van der Waals surface area contributed by atoms with Gasteiger partial charge in [0.05, 0.1) is 18.7 Å². The number of carbonyl (C=O) groups is 2. The van der Waals surface area contributed by atoms with Crippen molar-refractivity contribution < 1.29 is 14.3 Å². The normalized spacial score (nSPS) is 13.5. The number of carbonyl (C=O) groups excluding carboxylic acids is 2. The molecule has 0 saturated carbocycles. The average molecular weight is 279 g/mol. The van der Waals surface area contributed by atoms with Crippen molar-refractivity contribution in [2.75, 3.05) is 6.61 Å². The molecular weight excluding hydrogens is 258 g/mol. The molecule has 2 atom stereocenters. The molecule has 0 spiro atoms. The van der Waals surface area contributed by atoms with E-state index in [1.807, 2.05) is 31.2 Å². The van der Waals surface area contributed by atoms with Gasteiger partial charge in [0.15, 0.2) is 0 Å². The van der Waals surface area contributed by atoms with E-state index in [9.17, 15) is 9.59 Å². The number of amides is 2.